The second-order valence-electron chi connectivity index (χ2n) is 5.79. The van der Waals surface area contributed by atoms with E-state index in [-0.39, 0.29) is 35.7 Å². The SMILES string of the molecule is COc1c(C#N)ccc(OC(C)C(F)(F)F)c1C(=O)N1CC(NC(=O)O)C1. The van der Waals surface area contributed by atoms with E-state index in [0.717, 1.165) is 13.0 Å². The predicted octanol–water partition coefficient (Wildman–Crippen LogP) is 1.99. The molecule has 0 radical (unpaired) electrons. The lowest BCUT2D eigenvalue weighted by atomic mass is 10.0. The Labute approximate surface area is 152 Å². The summed E-state index contributed by atoms with van der Waals surface area (Å²) < 4.78 is 48.5. The van der Waals surface area contributed by atoms with E-state index in [1.54, 1.807) is 6.07 Å². The minimum absolute atomic E-state index is 0.0271. The molecule has 1 saturated heterocycles. The number of hydrogen-bond acceptors (Lipinski definition) is 5. The molecule has 0 bridgehead atoms. The Balaban J connectivity index is 2.36. The highest BCUT2D eigenvalue weighted by molar-refractivity contribution is 6.01. The number of rotatable bonds is 5. The van der Waals surface area contributed by atoms with Gasteiger partial charge in [0.25, 0.3) is 5.91 Å². The molecule has 1 aliphatic heterocycles. The number of alkyl halides is 3. The lowest BCUT2D eigenvalue weighted by Crippen LogP contribution is -2.60. The van der Waals surface area contributed by atoms with Gasteiger partial charge < -0.3 is 24.8 Å². The smallest absolute Gasteiger partial charge is 0.425 e. The number of carboxylic acid groups (broad SMARTS) is 1. The molecular formula is C16H16F3N3O5. The number of carbonyl (C=O) groups is 2. The molecule has 2 amide bonds. The van der Waals surface area contributed by atoms with Crippen molar-refractivity contribution in [3.8, 4) is 17.6 Å². The first-order chi connectivity index (χ1) is 12.6. The summed E-state index contributed by atoms with van der Waals surface area (Å²) in [5.41, 5.74) is -0.366. The topological polar surface area (TPSA) is 112 Å². The Morgan fingerprint density at radius 1 is 1.41 bits per heavy atom. The van der Waals surface area contributed by atoms with Crippen LogP contribution >= 0.6 is 0 Å². The van der Waals surface area contributed by atoms with Gasteiger partial charge in [-0.05, 0) is 19.1 Å². The average Bonchev–Trinajstić information content (AvgIpc) is 2.55. The fourth-order valence-corrected chi connectivity index (χ4v) is 2.49. The van der Waals surface area contributed by atoms with Gasteiger partial charge in [0, 0.05) is 13.1 Å². The summed E-state index contributed by atoms with van der Waals surface area (Å²) in [4.78, 5) is 24.6. The summed E-state index contributed by atoms with van der Waals surface area (Å²) in [5.74, 6) is -1.31. The van der Waals surface area contributed by atoms with Crippen LogP contribution in [0.1, 0.15) is 22.8 Å². The highest BCUT2D eigenvalue weighted by Gasteiger charge is 2.40. The van der Waals surface area contributed by atoms with Crippen molar-refractivity contribution in [3.63, 3.8) is 0 Å². The van der Waals surface area contributed by atoms with Crippen LogP contribution in [-0.2, 0) is 0 Å². The number of carbonyl (C=O) groups excluding carboxylic acids is 1. The van der Waals surface area contributed by atoms with Crippen LogP contribution in [0.25, 0.3) is 0 Å². The molecule has 146 valence electrons. The molecule has 0 saturated carbocycles. The summed E-state index contributed by atoms with van der Waals surface area (Å²) >= 11 is 0. The second-order valence-corrected chi connectivity index (χ2v) is 5.79. The van der Waals surface area contributed by atoms with Crippen molar-refractivity contribution < 1.29 is 37.3 Å². The third-order valence-corrected chi connectivity index (χ3v) is 3.92. The van der Waals surface area contributed by atoms with Crippen molar-refractivity contribution in [2.45, 2.75) is 25.2 Å². The standard InChI is InChI=1S/C16H16F3N3O5/c1-8(16(17,18)19)27-11-4-3-9(5-20)13(26-2)12(11)14(23)22-6-10(7-22)21-15(24)25/h3-4,8,10,21H,6-7H2,1-2H3,(H,24,25). The molecule has 1 unspecified atom stereocenters. The molecule has 27 heavy (non-hydrogen) atoms. The molecule has 8 nitrogen and oxygen atoms in total. The molecule has 2 N–H and O–H groups in total. The summed E-state index contributed by atoms with van der Waals surface area (Å²) in [7, 11) is 1.18. The Morgan fingerprint density at radius 3 is 2.52 bits per heavy atom. The maximum atomic E-state index is 12.8. The van der Waals surface area contributed by atoms with Gasteiger partial charge >= 0.3 is 12.3 Å². The van der Waals surface area contributed by atoms with Crippen molar-refractivity contribution in [2.75, 3.05) is 20.2 Å². The number of likely N-dealkylation sites (tertiary alicyclic amines) is 1. The minimum Gasteiger partial charge on any atom is -0.494 e. The fourth-order valence-electron chi connectivity index (χ4n) is 2.49. The molecule has 1 atom stereocenters. The number of methoxy groups -OCH3 is 1. The van der Waals surface area contributed by atoms with Gasteiger partial charge in [-0.3, -0.25) is 4.79 Å². The predicted molar refractivity (Wildman–Crippen MR) is 84.7 cm³/mol. The number of nitriles is 1. The summed E-state index contributed by atoms with van der Waals surface area (Å²) in [5, 5.41) is 20.0. The van der Waals surface area contributed by atoms with E-state index in [0.29, 0.717) is 0 Å². The Morgan fingerprint density at radius 2 is 2.04 bits per heavy atom. The van der Waals surface area contributed by atoms with E-state index >= 15 is 0 Å². The zero-order valence-electron chi connectivity index (χ0n) is 14.3. The zero-order valence-corrected chi connectivity index (χ0v) is 14.3. The molecule has 1 fully saturated rings. The van der Waals surface area contributed by atoms with Crippen LogP contribution in [0, 0.1) is 11.3 Å². The van der Waals surface area contributed by atoms with Crippen LogP contribution in [0.3, 0.4) is 0 Å². The lowest BCUT2D eigenvalue weighted by molar-refractivity contribution is -0.189. The number of amides is 2. The first-order valence-electron chi connectivity index (χ1n) is 7.71. The molecule has 1 aromatic carbocycles. The summed E-state index contributed by atoms with van der Waals surface area (Å²) in [6.07, 6.45) is -8.10. The van der Waals surface area contributed by atoms with Gasteiger partial charge in [0.1, 0.15) is 17.4 Å². The number of halogens is 3. The van der Waals surface area contributed by atoms with Crippen molar-refractivity contribution in [1.29, 1.82) is 5.26 Å². The number of nitrogens with zero attached hydrogens (tertiary/aromatic N) is 2. The van der Waals surface area contributed by atoms with E-state index in [9.17, 15) is 22.8 Å². The zero-order chi connectivity index (χ0) is 20.4. The average molecular weight is 387 g/mol. The van der Waals surface area contributed by atoms with E-state index in [4.69, 9.17) is 19.8 Å². The number of hydrogen-bond donors (Lipinski definition) is 2. The third-order valence-electron chi connectivity index (χ3n) is 3.92. The minimum atomic E-state index is -4.66. The number of benzene rings is 1. The third kappa shape index (κ3) is 4.33. The summed E-state index contributed by atoms with van der Waals surface area (Å²) in [6, 6.07) is 3.60. The maximum Gasteiger partial charge on any atom is 0.425 e. The molecule has 2 rings (SSSR count). The van der Waals surface area contributed by atoms with Gasteiger partial charge in [-0.1, -0.05) is 0 Å². The monoisotopic (exact) mass is 387 g/mol. The van der Waals surface area contributed by atoms with E-state index in [1.807, 2.05) is 0 Å². The van der Waals surface area contributed by atoms with Crippen LogP contribution in [-0.4, -0.2) is 60.5 Å². The van der Waals surface area contributed by atoms with E-state index < -0.39 is 30.3 Å². The van der Waals surface area contributed by atoms with E-state index in [2.05, 4.69) is 5.32 Å². The molecule has 0 spiro atoms. The summed E-state index contributed by atoms with van der Waals surface area (Å²) in [6.45, 7) is 0.841. The van der Waals surface area contributed by atoms with Crippen LogP contribution in [0.15, 0.2) is 12.1 Å². The van der Waals surface area contributed by atoms with Crippen LogP contribution in [0.2, 0.25) is 0 Å². The second kappa shape index (κ2) is 7.61. The quantitative estimate of drug-likeness (QED) is 0.799. The molecular weight excluding hydrogens is 371 g/mol. The molecule has 1 heterocycles. The van der Waals surface area contributed by atoms with Gasteiger partial charge in [0.05, 0.1) is 18.7 Å². The van der Waals surface area contributed by atoms with Crippen molar-refractivity contribution in [3.05, 3.63) is 23.3 Å². The van der Waals surface area contributed by atoms with Crippen LogP contribution in [0.5, 0.6) is 11.5 Å². The van der Waals surface area contributed by atoms with Gasteiger partial charge in [-0.2, -0.15) is 18.4 Å². The highest BCUT2D eigenvalue weighted by Crippen LogP contribution is 2.36. The first kappa shape index (κ1) is 20.2. The Bertz CT molecular complexity index is 785. The van der Waals surface area contributed by atoms with Crippen molar-refractivity contribution >= 4 is 12.0 Å². The van der Waals surface area contributed by atoms with Crippen LogP contribution < -0.4 is 14.8 Å². The largest absolute Gasteiger partial charge is 0.494 e. The number of nitrogens with one attached hydrogen (secondary N) is 1. The highest BCUT2D eigenvalue weighted by atomic mass is 19.4. The van der Waals surface area contributed by atoms with Gasteiger partial charge in [-0.25, -0.2) is 4.79 Å². The molecule has 1 aliphatic rings. The molecule has 1 aromatic rings. The van der Waals surface area contributed by atoms with Gasteiger partial charge in [0.2, 0.25) is 0 Å². The van der Waals surface area contributed by atoms with E-state index in [1.165, 1.54) is 18.1 Å². The van der Waals surface area contributed by atoms with Crippen molar-refractivity contribution in [2.24, 2.45) is 0 Å². The molecule has 0 aliphatic carbocycles. The molecule has 0 aromatic heterocycles. The first-order valence-corrected chi connectivity index (χ1v) is 7.71. The van der Waals surface area contributed by atoms with Gasteiger partial charge in [-0.15, -0.1) is 0 Å². The lowest BCUT2D eigenvalue weighted by Gasteiger charge is -2.39. The maximum absolute atomic E-state index is 12.8. The normalized spacial score (nSPS) is 15.3. The van der Waals surface area contributed by atoms with Crippen molar-refractivity contribution in [1.82, 2.24) is 10.2 Å². The Hall–Kier alpha value is -3.16. The molecule has 11 heteroatoms. The van der Waals surface area contributed by atoms with Gasteiger partial charge in [0.15, 0.2) is 11.9 Å². The van der Waals surface area contributed by atoms with Crippen LogP contribution in [0.4, 0.5) is 18.0 Å². The number of ether oxygens (including phenoxy) is 2. The fraction of sp³-hybridized carbons (Fsp3) is 0.438. The Kier molecular flexibility index (Phi) is 5.68.